The number of aromatic nitrogens is 1. The second-order valence-corrected chi connectivity index (χ2v) is 25.8. The highest BCUT2D eigenvalue weighted by atomic mass is 16.4. The first kappa shape index (κ1) is 49.5. The van der Waals surface area contributed by atoms with E-state index >= 15 is 0 Å². The average molecular weight is 1080 g/mol. The molecule has 1 aliphatic rings. The van der Waals surface area contributed by atoms with Gasteiger partial charge in [-0.15, -0.1) is 0 Å². The summed E-state index contributed by atoms with van der Waals surface area (Å²) < 4.78 is 2.57. The first-order valence-electron chi connectivity index (χ1n) is 29.5. The van der Waals surface area contributed by atoms with Crippen molar-refractivity contribution in [1.82, 2.24) is 9.47 Å². The molecule has 0 saturated carbocycles. The summed E-state index contributed by atoms with van der Waals surface area (Å²) in [5.74, 6) is -2.41. The number of fused-ring (bicyclic) bond motifs is 6. The maximum atomic E-state index is 14.0. The number of aryl methyl sites for hydroxylation is 1. The fourth-order valence-electron chi connectivity index (χ4n) is 14.8. The molecule has 14 aromatic carbocycles. The summed E-state index contributed by atoms with van der Waals surface area (Å²) in [5.41, 5.74) is 8.94. The maximum Gasteiger partial charge on any atom is 0.323 e. The van der Waals surface area contributed by atoms with Gasteiger partial charge in [0.05, 0.1) is 22.4 Å². The largest absolute Gasteiger partial charge is 0.480 e. The molecule has 83 heavy (non-hydrogen) atoms. The molecule has 7 heteroatoms. The summed E-state index contributed by atoms with van der Waals surface area (Å²) in [7, 11) is 0. The number of rotatable bonds is 10. The Labute approximate surface area is 479 Å². The molecule has 2 heterocycles. The highest BCUT2D eigenvalue weighted by Gasteiger charge is 2.36. The van der Waals surface area contributed by atoms with Crippen LogP contribution in [0.15, 0.2) is 164 Å². The number of hydrogen-bond donors (Lipinski definition) is 1. The Hall–Kier alpha value is -9.33. The van der Waals surface area contributed by atoms with Gasteiger partial charge in [-0.05, 0) is 162 Å². The van der Waals surface area contributed by atoms with Gasteiger partial charge < -0.3 is 14.6 Å². The fraction of sp³-hybridized carbons (Fsp3) is 0.197. The van der Waals surface area contributed by atoms with Gasteiger partial charge in [0, 0.05) is 50.3 Å². The molecule has 0 saturated heterocycles. The molecule has 7 nitrogen and oxygen atoms in total. The van der Waals surface area contributed by atoms with Crippen molar-refractivity contribution in [3.63, 3.8) is 0 Å². The Bertz CT molecular complexity index is 5110. The van der Waals surface area contributed by atoms with Gasteiger partial charge in [-0.25, -0.2) is 0 Å². The van der Waals surface area contributed by atoms with Gasteiger partial charge in [0.1, 0.15) is 6.54 Å². The lowest BCUT2D eigenvalue weighted by atomic mass is 9.83. The molecule has 0 bridgehead atoms. The molecule has 0 atom stereocenters. The van der Waals surface area contributed by atoms with Gasteiger partial charge >= 0.3 is 5.97 Å². The number of unbranched alkanes of at least 4 members (excludes halogenated alkanes) is 3. The molecular weight excluding hydrogens is 1020 g/mol. The third-order valence-corrected chi connectivity index (χ3v) is 18.8. The highest BCUT2D eigenvalue weighted by Crippen LogP contribution is 2.52. The number of carbonyl (C=O) groups excluding carboxylic acids is 2. The van der Waals surface area contributed by atoms with E-state index in [-0.39, 0.29) is 10.8 Å². The summed E-state index contributed by atoms with van der Waals surface area (Å²) in [4.78, 5) is 43.4. The van der Waals surface area contributed by atoms with Crippen LogP contribution in [0.1, 0.15) is 106 Å². The zero-order chi connectivity index (χ0) is 56.7. The Morgan fingerprint density at radius 1 is 0.434 bits per heavy atom. The summed E-state index contributed by atoms with van der Waals surface area (Å²) in [6.07, 6.45) is 4.39. The van der Waals surface area contributed by atoms with Crippen molar-refractivity contribution in [2.75, 3.05) is 11.4 Å². The van der Waals surface area contributed by atoms with Gasteiger partial charge in [-0.1, -0.05) is 189 Å². The molecule has 0 fully saturated rings. The number of aliphatic carboxylic acids is 1. The molecule has 0 spiro atoms. The minimum Gasteiger partial charge on any atom is -0.480 e. The van der Waals surface area contributed by atoms with Crippen LogP contribution in [-0.4, -0.2) is 38.9 Å². The summed E-state index contributed by atoms with van der Waals surface area (Å²) in [5, 5.41) is 34.9. The van der Waals surface area contributed by atoms with Crippen LogP contribution in [0.2, 0.25) is 0 Å². The lowest BCUT2D eigenvalue weighted by molar-refractivity contribution is -0.137. The number of carboxylic acid groups (broad SMARTS) is 1. The summed E-state index contributed by atoms with van der Waals surface area (Å²) in [6.45, 7) is 16.2. The van der Waals surface area contributed by atoms with Crippen LogP contribution < -0.4 is 4.90 Å². The molecule has 1 aliphatic heterocycles. The molecule has 0 radical (unpaired) electrons. The first-order chi connectivity index (χ1) is 40.0. The normalized spacial score (nSPS) is 13.7. The second kappa shape index (κ2) is 17.4. The first-order valence-corrected chi connectivity index (χ1v) is 29.5. The summed E-state index contributed by atoms with van der Waals surface area (Å²) >= 11 is 0. The Balaban J connectivity index is 0.986. The number of amides is 2. The zero-order valence-electron chi connectivity index (χ0n) is 47.8. The second-order valence-electron chi connectivity index (χ2n) is 25.8. The van der Waals surface area contributed by atoms with Gasteiger partial charge in [-0.2, -0.15) is 0 Å². The van der Waals surface area contributed by atoms with E-state index in [1.54, 1.807) is 12.1 Å². The van der Waals surface area contributed by atoms with Crippen LogP contribution in [0.3, 0.4) is 0 Å². The van der Waals surface area contributed by atoms with Crippen LogP contribution in [-0.2, 0) is 22.2 Å². The Morgan fingerprint density at radius 3 is 1.48 bits per heavy atom. The van der Waals surface area contributed by atoms with E-state index in [0.29, 0.717) is 16.5 Å². The molecule has 16 rings (SSSR count). The van der Waals surface area contributed by atoms with Crippen molar-refractivity contribution in [3.8, 4) is 0 Å². The van der Waals surface area contributed by atoms with E-state index in [4.69, 9.17) is 0 Å². The number of imide groups is 1. The van der Waals surface area contributed by atoms with Crippen LogP contribution >= 0.6 is 0 Å². The molecule has 0 aliphatic carbocycles. The quantitative estimate of drug-likeness (QED) is 0.0639. The predicted octanol–water partition coefficient (Wildman–Crippen LogP) is 20.0. The van der Waals surface area contributed by atoms with Crippen molar-refractivity contribution < 1.29 is 19.5 Å². The van der Waals surface area contributed by atoms with Crippen LogP contribution in [0, 0.1) is 0 Å². The number of hydrogen-bond acceptors (Lipinski definition) is 4. The van der Waals surface area contributed by atoms with Crippen LogP contribution in [0.25, 0.3) is 130 Å². The van der Waals surface area contributed by atoms with E-state index in [1.807, 2.05) is 12.1 Å². The van der Waals surface area contributed by atoms with Crippen LogP contribution in [0.4, 0.5) is 17.1 Å². The standard InChI is InChI=1S/C76H61N3O4/c1-8-9-10-11-33-77-62-38-49(23-26-55(62)70-56-14-12-13-50-51-27-29-57-72-58(74(83)78(73(57)82)40-64(80)81)30-28-52(71(51)72)59(69(50)56)39-63(70)77)79(60-31-21-41-15-17-43-34-47(75(2,3)4)36-45-19-24-53(60)67(41)65(43)45)61-32-22-42-16-18-44-35-48(76(5,6)7)37-46-20-25-54(61)68(42)66(44)46/h12-32,34-39H,8-11,33,40H2,1-7H3,(H,80,81). The SMILES string of the molecule is CCCCCCn1c2cc(N(c3ccc4ccc5cc(C(C)(C)C)cc6ccc3c4c56)c3ccc4ccc5cc(C(C)(C)C)cc6ccc3c4c56)ccc2c2c3cccc4c5ccc6c7c(ccc(c(cc21)c43)c75)C(=O)N(CC(=O)O)C6=O. The third-order valence-electron chi connectivity index (χ3n) is 18.8. The van der Waals surface area contributed by atoms with E-state index in [9.17, 15) is 19.5 Å². The molecule has 1 N–H and O–H groups in total. The Morgan fingerprint density at radius 2 is 0.928 bits per heavy atom. The molecule has 0 unspecified atom stereocenters. The number of carbonyl (C=O) groups is 3. The van der Waals surface area contributed by atoms with Crippen molar-refractivity contribution in [2.24, 2.45) is 0 Å². The van der Waals surface area contributed by atoms with Gasteiger partial charge in [0.15, 0.2) is 0 Å². The monoisotopic (exact) mass is 1080 g/mol. The van der Waals surface area contributed by atoms with Gasteiger partial charge in [-0.3, -0.25) is 19.3 Å². The number of benzene rings is 14. The average Bonchev–Trinajstić information content (AvgIpc) is 2.02. The maximum absolute atomic E-state index is 14.0. The van der Waals surface area contributed by atoms with Crippen molar-refractivity contribution in [1.29, 1.82) is 0 Å². The molecule has 15 aromatic rings. The molecule has 2 amide bonds. The minimum atomic E-state index is -1.24. The van der Waals surface area contributed by atoms with Crippen LogP contribution in [0.5, 0.6) is 0 Å². The lowest BCUT2D eigenvalue weighted by Crippen LogP contribution is -2.43. The smallest absolute Gasteiger partial charge is 0.323 e. The van der Waals surface area contributed by atoms with Gasteiger partial charge in [0.25, 0.3) is 11.8 Å². The molecule has 1 aromatic heterocycles. The topological polar surface area (TPSA) is 82.8 Å². The van der Waals surface area contributed by atoms with Crippen molar-refractivity contribution in [2.45, 2.75) is 91.5 Å². The Kier molecular flexibility index (Phi) is 10.3. The number of carboxylic acids is 1. The lowest BCUT2D eigenvalue weighted by Gasteiger charge is -2.30. The molecular formula is C76H61N3O4. The highest BCUT2D eigenvalue weighted by molar-refractivity contribution is 6.41. The third kappa shape index (κ3) is 7.00. The van der Waals surface area contributed by atoms with E-state index in [0.717, 1.165) is 103 Å². The van der Waals surface area contributed by atoms with Gasteiger partial charge in [0.2, 0.25) is 0 Å². The fourth-order valence-corrected chi connectivity index (χ4v) is 14.8. The number of anilines is 3. The van der Waals surface area contributed by atoms with Crippen molar-refractivity contribution in [3.05, 3.63) is 186 Å². The van der Waals surface area contributed by atoms with E-state index < -0.39 is 24.3 Å². The van der Waals surface area contributed by atoms with E-state index in [1.165, 1.54) is 86.5 Å². The summed E-state index contributed by atoms with van der Waals surface area (Å²) in [6, 6.07) is 61.2. The minimum absolute atomic E-state index is 0.00363. The van der Waals surface area contributed by atoms with E-state index in [2.05, 4.69) is 197 Å². The number of nitrogens with zero attached hydrogens (tertiary/aromatic N) is 3. The zero-order valence-corrected chi connectivity index (χ0v) is 47.8. The van der Waals surface area contributed by atoms with Crippen molar-refractivity contribution >= 4 is 164 Å². The molecule has 404 valence electrons. The predicted molar refractivity (Wildman–Crippen MR) is 347 cm³/mol.